The van der Waals surface area contributed by atoms with Gasteiger partial charge in [-0.1, -0.05) is 19.9 Å². The molecule has 0 aromatic carbocycles. The Labute approximate surface area is 151 Å². The van der Waals surface area contributed by atoms with Crippen molar-refractivity contribution in [1.82, 2.24) is 20.5 Å². The van der Waals surface area contributed by atoms with Gasteiger partial charge in [0.2, 0.25) is 0 Å². The second kappa shape index (κ2) is 8.89. The van der Waals surface area contributed by atoms with Crippen molar-refractivity contribution in [2.24, 2.45) is 0 Å². The van der Waals surface area contributed by atoms with Crippen LogP contribution in [-0.2, 0) is 22.4 Å². The molecule has 2 aromatic heterocycles. The van der Waals surface area contributed by atoms with E-state index in [2.05, 4.69) is 20.5 Å². The van der Waals surface area contributed by atoms with Gasteiger partial charge in [-0.2, -0.15) is 5.10 Å². The summed E-state index contributed by atoms with van der Waals surface area (Å²) >= 11 is 0. The molecule has 0 bridgehead atoms. The van der Waals surface area contributed by atoms with E-state index in [4.69, 9.17) is 4.74 Å². The van der Waals surface area contributed by atoms with Crippen molar-refractivity contribution in [2.45, 2.75) is 39.2 Å². The first-order valence-corrected chi connectivity index (χ1v) is 8.40. The molecule has 0 aliphatic heterocycles. The Bertz CT molecular complexity index is 833. The summed E-state index contributed by atoms with van der Waals surface area (Å²) in [6.07, 6.45) is 2.56. The van der Waals surface area contributed by atoms with Gasteiger partial charge in [0.05, 0.1) is 31.0 Å². The Hall–Kier alpha value is -3.03. The third kappa shape index (κ3) is 4.33. The van der Waals surface area contributed by atoms with Gasteiger partial charge in [-0.3, -0.25) is 19.4 Å². The van der Waals surface area contributed by atoms with Gasteiger partial charge >= 0.3 is 5.97 Å². The molecule has 0 saturated heterocycles. The van der Waals surface area contributed by atoms with E-state index in [1.54, 1.807) is 24.4 Å². The number of ether oxygens (including phenoxy) is 1. The lowest BCUT2D eigenvalue weighted by Crippen LogP contribution is -2.36. The molecule has 0 spiro atoms. The first kappa shape index (κ1) is 19.3. The van der Waals surface area contributed by atoms with Crippen molar-refractivity contribution >= 4 is 11.9 Å². The average molecular weight is 358 g/mol. The summed E-state index contributed by atoms with van der Waals surface area (Å²) in [6.45, 7) is 3.76. The maximum Gasteiger partial charge on any atom is 0.308 e. The van der Waals surface area contributed by atoms with E-state index in [0.29, 0.717) is 29.8 Å². The molecule has 8 nitrogen and oxygen atoms in total. The smallest absolute Gasteiger partial charge is 0.308 e. The monoisotopic (exact) mass is 358 g/mol. The van der Waals surface area contributed by atoms with Crippen LogP contribution in [0.3, 0.4) is 0 Å². The summed E-state index contributed by atoms with van der Waals surface area (Å²) in [5.74, 6) is -1.06. The van der Waals surface area contributed by atoms with Crippen LogP contribution in [0, 0.1) is 0 Å². The number of nitrogens with zero attached hydrogens (tertiary/aromatic N) is 2. The summed E-state index contributed by atoms with van der Waals surface area (Å²) in [7, 11) is 1.27. The van der Waals surface area contributed by atoms with Crippen LogP contribution in [0.25, 0.3) is 0 Å². The molecule has 0 radical (unpaired) electrons. The number of aromatic nitrogens is 3. The van der Waals surface area contributed by atoms with E-state index in [1.807, 2.05) is 13.8 Å². The number of hydrogen-bond donors (Lipinski definition) is 2. The van der Waals surface area contributed by atoms with E-state index in [0.717, 1.165) is 0 Å². The number of hydrogen-bond acceptors (Lipinski definition) is 6. The third-order valence-corrected chi connectivity index (χ3v) is 4.03. The Balaban J connectivity index is 2.39. The second-order valence-corrected chi connectivity index (χ2v) is 5.62. The Kier molecular flexibility index (Phi) is 6.60. The zero-order chi connectivity index (χ0) is 19.1. The van der Waals surface area contributed by atoms with Gasteiger partial charge in [0, 0.05) is 6.20 Å². The molecular weight excluding hydrogens is 336 g/mol. The fourth-order valence-corrected chi connectivity index (χ4v) is 2.73. The Morgan fingerprint density at radius 3 is 2.62 bits per heavy atom. The minimum absolute atomic E-state index is 0.0187. The molecule has 1 atom stereocenters. The van der Waals surface area contributed by atoms with Gasteiger partial charge < -0.3 is 10.1 Å². The predicted molar refractivity (Wildman–Crippen MR) is 94.7 cm³/mol. The van der Waals surface area contributed by atoms with Crippen molar-refractivity contribution in [1.29, 1.82) is 0 Å². The molecular formula is C18H22N4O4. The van der Waals surface area contributed by atoms with E-state index in [9.17, 15) is 14.4 Å². The number of carbonyl (C=O) groups excluding carboxylic acids is 2. The fourth-order valence-electron chi connectivity index (χ4n) is 2.73. The zero-order valence-corrected chi connectivity index (χ0v) is 15.0. The van der Waals surface area contributed by atoms with E-state index >= 15 is 0 Å². The molecule has 1 amide bonds. The molecule has 0 fully saturated rings. The molecule has 8 heteroatoms. The Morgan fingerprint density at radius 2 is 2.04 bits per heavy atom. The maximum atomic E-state index is 12.8. The molecule has 2 heterocycles. The van der Waals surface area contributed by atoms with Gasteiger partial charge in [-0.15, -0.1) is 0 Å². The largest absolute Gasteiger partial charge is 0.469 e. The van der Waals surface area contributed by atoms with Crippen LogP contribution in [0.4, 0.5) is 0 Å². The highest BCUT2D eigenvalue weighted by Crippen LogP contribution is 2.17. The van der Waals surface area contributed by atoms with Crippen LogP contribution < -0.4 is 10.9 Å². The molecule has 0 saturated carbocycles. The summed E-state index contributed by atoms with van der Waals surface area (Å²) in [5, 5.41) is 9.10. The highest BCUT2D eigenvalue weighted by atomic mass is 16.5. The van der Waals surface area contributed by atoms with Crippen molar-refractivity contribution < 1.29 is 14.3 Å². The minimum Gasteiger partial charge on any atom is -0.469 e. The molecule has 138 valence electrons. The molecule has 2 rings (SSSR count). The number of esters is 1. The van der Waals surface area contributed by atoms with Crippen LogP contribution in [0.2, 0.25) is 0 Å². The molecule has 1 unspecified atom stereocenters. The number of amides is 1. The summed E-state index contributed by atoms with van der Waals surface area (Å²) in [4.78, 5) is 41.0. The van der Waals surface area contributed by atoms with Gasteiger partial charge in [0.15, 0.2) is 0 Å². The standard InChI is InChI=1S/C18H22N4O4/c1-4-11-12(5-2)21-22-18(25)16(11)17(24)20-14(10-15(23)26-3)13-8-6-7-9-19-13/h6-9,14H,4-5,10H2,1-3H3,(H,20,24)(H,22,25). The molecule has 2 N–H and O–H groups in total. The summed E-state index contributed by atoms with van der Waals surface area (Å²) in [5.41, 5.74) is 1.23. The van der Waals surface area contributed by atoms with Gasteiger partial charge in [-0.05, 0) is 30.5 Å². The number of methoxy groups -OCH3 is 1. The van der Waals surface area contributed by atoms with Crippen LogP contribution in [0.5, 0.6) is 0 Å². The van der Waals surface area contributed by atoms with Crippen molar-refractivity contribution in [3.8, 4) is 0 Å². The number of aryl methyl sites for hydroxylation is 1. The lowest BCUT2D eigenvalue weighted by atomic mass is 10.0. The first-order valence-electron chi connectivity index (χ1n) is 8.40. The van der Waals surface area contributed by atoms with Gasteiger partial charge in [-0.25, -0.2) is 5.10 Å². The van der Waals surface area contributed by atoms with Gasteiger partial charge in [0.25, 0.3) is 11.5 Å². The first-order chi connectivity index (χ1) is 12.5. The topological polar surface area (TPSA) is 114 Å². The number of pyridine rings is 1. The number of rotatable bonds is 7. The number of nitrogens with one attached hydrogen (secondary N) is 2. The fraction of sp³-hybridized carbons (Fsp3) is 0.389. The van der Waals surface area contributed by atoms with Crippen molar-refractivity contribution in [2.75, 3.05) is 7.11 Å². The van der Waals surface area contributed by atoms with Gasteiger partial charge in [0.1, 0.15) is 5.56 Å². The van der Waals surface area contributed by atoms with Crippen LogP contribution >= 0.6 is 0 Å². The summed E-state index contributed by atoms with van der Waals surface area (Å²) < 4.78 is 4.70. The van der Waals surface area contributed by atoms with Crippen molar-refractivity contribution in [3.05, 3.63) is 57.3 Å². The number of H-pyrrole nitrogens is 1. The predicted octanol–water partition coefficient (Wildman–Crippen LogP) is 1.32. The quantitative estimate of drug-likeness (QED) is 0.722. The second-order valence-electron chi connectivity index (χ2n) is 5.62. The van der Waals surface area contributed by atoms with Crippen LogP contribution in [0.1, 0.15) is 53.6 Å². The molecule has 0 aliphatic rings. The lowest BCUT2D eigenvalue weighted by molar-refractivity contribution is -0.141. The van der Waals surface area contributed by atoms with E-state index in [1.165, 1.54) is 7.11 Å². The minimum atomic E-state index is -0.710. The van der Waals surface area contributed by atoms with Crippen molar-refractivity contribution in [3.63, 3.8) is 0 Å². The molecule has 26 heavy (non-hydrogen) atoms. The molecule has 0 aliphatic carbocycles. The van der Waals surface area contributed by atoms with E-state index in [-0.39, 0.29) is 12.0 Å². The highest BCUT2D eigenvalue weighted by molar-refractivity contribution is 5.96. The average Bonchev–Trinajstić information content (AvgIpc) is 2.67. The summed E-state index contributed by atoms with van der Waals surface area (Å²) in [6, 6.07) is 4.48. The molecule has 2 aromatic rings. The highest BCUT2D eigenvalue weighted by Gasteiger charge is 2.24. The van der Waals surface area contributed by atoms with Crippen LogP contribution in [0.15, 0.2) is 29.2 Å². The normalized spacial score (nSPS) is 11.7. The third-order valence-electron chi connectivity index (χ3n) is 4.03. The number of carbonyl (C=O) groups is 2. The SMILES string of the molecule is CCc1n[nH]c(=O)c(C(=O)NC(CC(=O)OC)c2ccccn2)c1CC. The number of aromatic amines is 1. The lowest BCUT2D eigenvalue weighted by Gasteiger charge is -2.18. The van der Waals surface area contributed by atoms with Crippen LogP contribution in [-0.4, -0.2) is 34.2 Å². The maximum absolute atomic E-state index is 12.8. The van der Waals surface area contributed by atoms with E-state index < -0.39 is 23.5 Å². The zero-order valence-electron chi connectivity index (χ0n) is 15.0. The Morgan fingerprint density at radius 1 is 1.27 bits per heavy atom.